The molecule has 6 heteroatoms. The van der Waals surface area contributed by atoms with Gasteiger partial charge < -0.3 is 5.32 Å². The number of hydrogen-bond acceptors (Lipinski definition) is 4. The highest BCUT2D eigenvalue weighted by Gasteiger charge is 2.24. The molecule has 1 unspecified atom stereocenters. The Morgan fingerprint density at radius 1 is 1.40 bits per heavy atom. The summed E-state index contributed by atoms with van der Waals surface area (Å²) in [5.74, 6) is 0. The maximum absolute atomic E-state index is 11.1. The van der Waals surface area contributed by atoms with Crippen molar-refractivity contribution in [3.8, 4) is 0 Å². The van der Waals surface area contributed by atoms with Gasteiger partial charge in [-0.2, -0.15) is 0 Å². The molecule has 2 aromatic rings. The lowest BCUT2D eigenvalue weighted by Crippen LogP contribution is -2.16. The molecule has 20 heavy (non-hydrogen) atoms. The second-order valence-electron chi connectivity index (χ2n) is 4.79. The van der Waals surface area contributed by atoms with E-state index in [4.69, 9.17) is 0 Å². The first kappa shape index (κ1) is 13.8. The molecule has 0 amide bonds. The molecular weight excluding hydrogens is 387 g/mol. The molecule has 1 atom stereocenters. The third-order valence-corrected chi connectivity index (χ3v) is 5.49. The number of aryl methyl sites for hydroxylation is 1. The molecule has 0 bridgehead atoms. The molecule has 1 aliphatic rings. The molecular formula is C14H13IN2O2S. The highest BCUT2D eigenvalue weighted by Crippen LogP contribution is 2.39. The van der Waals surface area contributed by atoms with Crippen molar-refractivity contribution < 1.29 is 4.92 Å². The summed E-state index contributed by atoms with van der Waals surface area (Å²) in [4.78, 5) is 12.2. The number of para-hydroxylation sites is 2. The summed E-state index contributed by atoms with van der Waals surface area (Å²) in [6, 6.07) is 9.23. The summed E-state index contributed by atoms with van der Waals surface area (Å²) in [5, 5.41) is 14.4. The lowest BCUT2D eigenvalue weighted by molar-refractivity contribution is -0.384. The highest BCUT2D eigenvalue weighted by molar-refractivity contribution is 14.1. The van der Waals surface area contributed by atoms with E-state index in [1.165, 1.54) is 13.3 Å². The summed E-state index contributed by atoms with van der Waals surface area (Å²) in [6.45, 7) is 0. The first-order valence-corrected chi connectivity index (χ1v) is 8.33. The van der Waals surface area contributed by atoms with Crippen molar-refractivity contribution in [2.45, 2.75) is 25.3 Å². The molecule has 1 N–H and O–H groups in total. The molecule has 1 aliphatic carbocycles. The predicted octanol–water partition coefficient (Wildman–Crippen LogP) is 4.75. The number of nitrogens with zero attached hydrogens (tertiary/aromatic N) is 1. The average molecular weight is 400 g/mol. The Kier molecular flexibility index (Phi) is 3.93. The van der Waals surface area contributed by atoms with Crippen LogP contribution in [0.25, 0.3) is 0 Å². The van der Waals surface area contributed by atoms with Gasteiger partial charge in [-0.1, -0.05) is 12.1 Å². The number of nitro benzene ring substituents is 1. The number of anilines is 1. The zero-order valence-corrected chi connectivity index (χ0v) is 13.6. The zero-order valence-electron chi connectivity index (χ0n) is 10.6. The molecule has 0 saturated heterocycles. The van der Waals surface area contributed by atoms with Gasteiger partial charge in [0.05, 0.1) is 13.8 Å². The van der Waals surface area contributed by atoms with Gasteiger partial charge in [-0.15, -0.1) is 11.3 Å². The summed E-state index contributed by atoms with van der Waals surface area (Å²) in [7, 11) is 0. The normalized spacial score (nSPS) is 17.6. The van der Waals surface area contributed by atoms with Crippen molar-refractivity contribution in [2.24, 2.45) is 0 Å². The van der Waals surface area contributed by atoms with Crippen molar-refractivity contribution in [2.75, 3.05) is 5.32 Å². The van der Waals surface area contributed by atoms with Gasteiger partial charge in [0.1, 0.15) is 5.69 Å². The van der Waals surface area contributed by atoms with Crippen LogP contribution < -0.4 is 5.32 Å². The van der Waals surface area contributed by atoms with Crippen molar-refractivity contribution in [1.29, 1.82) is 0 Å². The van der Waals surface area contributed by atoms with Crippen LogP contribution in [-0.2, 0) is 6.42 Å². The van der Waals surface area contributed by atoms with Gasteiger partial charge in [-0.3, -0.25) is 10.1 Å². The van der Waals surface area contributed by atoms with Crippen molar-refractivity contribution in [1.82, 2.24) is 0 Å². The number of fused-ring (bicyclic) bond motifs is 1. The van der Waals surface area contributed by atoms with Gasteiger partial charge in [0, 0.05) is 10.9 Å². The highest BCUT2D eigenvalue weighted by atomic mass is 127. The minimum atomic E-state index is -0.330. The lowest BCUT2D eigenvalue weighted by Gasteiger charge is -2.24. The number of thiophene rings is 1. The van der Waals surface area contributed by atoms with Crippen LogP contribution in [0.5, 0.6) is 0 Å². The van der Waals surface area contributed by atoms with E-state index >= 15 is 0 Å². The third kappa shape index (κ3) is 2.67. The number of rotatable bonds is 3. The summed E-state index contributed by atoms with van der Waals surface area (Å²) >= 11 is 4.17. The quantitative estimate of drug-likeness (QED) is 0.460. The molecule has 1 aromatic carbocycles. The number of hydrogen-bond donors (Lipinski definition) is 1. The zero-order chi connectivity index (χ0) is 14.1. The summed E-state index contributed by atoms with van der Waals surface area (Å²) in [6.07, 6.45) is 3.27. The molecule has 0 saturated carbocycles. The first-order chi connectivity index (χ1) is 9.65. The van der Waals surface area contributed by atoms with Gasteiger partial charge in [0.15, 0.2) is 0 Å². The Hall–Kier alpha value is -1.15. The van der Waals surface area contributed by atoms with E-state index in [9.17, 15) is 10.1 Å². The summed E-state index contributed by atoms with van der Waals surface area (Å²) in [5.41, 5.74) is 2.06. The largest absolute Gasteiger partial charge is 0.373 e. The molecule has 0 radical (unpaired) electrons. The Morgan fingerprint density at radius 3 is 3.00 bits per heavy atom. The van der Waals surface area contributed by atoms with Crippen molar-refractivity contribution in [3.05, 3.63) is 53.8 Å². The fourth-order valence-electron chi connectivity index (χ4n) is 2.61. The van der Waals surface area contributed by atoms with Crippen LogP contribution in [0.1, 0.15) is 29.3 Å². The lowest BCUT2D eigenvalue weighted by atomic mass is 9.94. The van der Waals surface area contributed by atoms with E-state index in [0.29, 0.717) is 5.69 Å². The SMILES string of the molecule is O=[N+]([O-])c1ccccc1NC1CCCc2sc(I)cc21. The van der Waals surface area contributed by atoms with Crippen LogP contribution >= 0.6 is 33.9 Å². The van der Waals surface area contributed by atoms with Crippen molar-refractivity contribution in [3.63, 3.8) is 0 Å². The van der Waals surface area contributed by atoms with Crippen LogP contribution in [0.4, 0.5) is 11.4 Å². The minimum absolute atomic E-state index is 0.143. The number of nitrogens with one attached hydrogen (secondary N) is 1. The molecule has 104 valence electrons. The molecule has 4 nitrogen and oxygen atoms in total. The molecule has 0 spiro atoms. The fraction of sp³-hybridized carbons (Fsp3) is 0.286. The Balaban J connectivity index is 1.91. The van der Waals surface area contributed by atoms with Gasteiger partial charge in [0.25, 0.3) is 5.69 Å². The Morgan fingerprint density at radius 2 is 2.20 bits per heavy atom. The molecule has 0 fully saturated rings. The van der Waals surface area contributed by atoms with Crippen molar-refractivity contribution >= 4 is 45.3 Å². The van der Waals surface area contributed by atoms with Gasteiger partial charge in [-0.05, 0) is 59.5 Å². The Labute approximate surface area is 134 Å². The Bertz CT molecular complexity index is 656. The second kappa shape index (κ2) is 5.69. The van der Waals surface area contributed by atoms with Crippen LogP contribution in [0.15, 0.2) is 30.3 Å². The minimum Gasteiger partial charge on any atom is -0.373 e. The van der Waals surface area contributed by atoms with Gasteiger partial charge in [0.2, 0.25) is 0 Å². The van der Waals surface area contributed by atoms with Crippen LogP contribution in [0, 0.1) is 13.0 Å². The first-order valence-electron chi connectivity index (χ1n) is 6.43. The standard InChI is InChI=1S/C14H13IN2O2S/c15-14-8-9-10(5-3-7-13(9)20-14)16-11-4-1-2-6-12(11)17(18)19/h1-2,4,6,8,10,16H,3,5,7H2. The van der Waals surface area contributed by atoms with Gasteiger partial charge >= 0.3 is 0 Å². The number of benzene rings is 1. The van der Waals surface area contributed by atoms with E-state index in [-0.39, 0.29) is 16.7 Å². The smallest absolute Gasteiger partial charge is 0.292 e. The predicted molar refractivity (Wildman–Crippen MR) is 89.4 cm³/mol. The molecule has 0 aliphatic heterocycles. The number of halogens is 1. The molecule has 3 rings (SSSR count). The summed E-state index contributed by atoms with van der Waals surface area (Å²) < 4.78 is 1.28. The average Bonchev–Trinajstić information content (AvgIpc) is 2.80. The maximum atomic E-state index is 11.1. The van der Waals surface area contributed by atoms with E-state index in [1.54, 1.807) is 18.2 Å². The fourth-order valence-corrected chi connectivity index (χ4v) is 4.73. The van der Waals surface area contributed by atoms with E-state index in [1.807, 2.05) is 17.4 Å². The van der Waals surface area contributed by atoms with Crippen LogP contribution in [0.3, 0.4) is 0 Å². The molecule has 1 heterocycles. The van der Waals surface area contributed by atoms with E-state index in [0.717, 1.165) is 19.3 Å². The number of nitro groups is 1. The van der Waals surface area contributed by atoms with Crippen LogP contribution in [0.2, 0.25) is 0 Å². The molecule has 1 aromatic heterocycles. The van der Waals surface area contributed by atoms with E-state index in [2.05, 4.69) is 34.0 Å². The van der Waals surface area contributed by atoms with Crippen LogP contribution in [-0.4, -0.2) is 4.92 Å². The third-order valence-electron chi connectivity index (χ3n) is 3.51. The monoisotopic (exact) mass is 400 g/mol. The van der Waals surface area contributed by atoms with E-state index < -0.39 is 0 Å². The topological polar surface area (TPSA) is 55.2 Å². The second-order valence-corrected chi connectivity index (χ2v) is 7.82. The maximum Gasteiger partial charge on any atom is 0.292 e. The van der Waals surface area contributed by atoms with Gasteiger partial charge in [-0.25, -0.2) is 0 Å².